The molecule has 6 heteroatoms. The van der Waals surface area contributed by atoms with Crippen LogP contribution in [0.2, 0.25) is 0 Å². The van der Waals surface area contributed by atoms with Gasteiger partial charge in [0, 0.05) is 12.2 Å². The van der Waals surface area contributed by atoms with E-state index in [2.05, 4.69) is 19.2 Å². The van der Waals surface area contributed by atoms with Crippen LogP contribution in [0.15, 0.2) is 48.5 Å². The van der Waals surface area contributed by atoms with Crippen molar-refractivity contribution in [3.63, 3.8) is 0 Å². The second-order valence-electron chi connectivity index (χ2n) is 8.15. The topological polar surface area (TPSA) is 69.7 Å². The van der Waals surface area contributed by atoms with E-state index in [9.17, 15) is 14.4 Å². The number of carbonyl (C=O) groups is 3. The smallest absolute Gasteiger partial charge is 0.319 e. The van der Waals surface area contributed by atoms with Crippen LogP contribution in [0.4, 0.5) is 10.5 Å². The summed E-state index contributed by atoms with van der Waals surface area (Å²) >= 11 is 0. The van der Waals surface area contributed by atoms with Crippen LogP contribution >= 0.6 is 0 Å². The van der Waals surface area contributed by atoms with Crippen molar-refractivity contribution in [2.45, 2.75) is 38.6 Å². The van der Waals surface area contributed by atoms with Gasteiger partial charge in [-0.25, -0.2) is 4.79 Å². The molecular formula is C23H25N3O3. The average molecular weight is 391 g/mol. The van der Waals surface area contributed by atoms with E-state index < -0.39 is 17.5 Å². The predicted molar refractivity (Wildman–Crippen MR) is 111 cm³/mol. The Morgan fingerprint density at radius 1 is 1.10 bits per heavy atom. The number of para-hydroxylation sites is 1. The average Bonchev–Trinajstić information content (AvgIpc) is 3.23. The molecule has 1 N–H and O–H groups in total. The van der Waals surface area contributed by atoms with E-state index in [1.807, 2.05) is 48.5 Å². The number of amides is 4. The Bertz CT molecular complexity index is 983. The van der Waals surface area contributed by atoms with Crippen molar-refractivity contribution in [1.29, 1.82) is 0 Å². The zero-order valence-electron chi connectivity index (χ0n) is 16.9. The lowest BCUT2D eigenvalue weighted by atomic mass is 9.90. The van der Waals surface area contributed by atoms with Crippen LogP contribution in [0.3, 0.4) is 0 Å². The molecule has 0 spiro atoms. The fourth-order valence-electron chi connectivity index (χ4n) is 4.06. The molecule has 2 aromatic carbocycles. The summed E-state index contributed by atoms with van der Waals surface area (Å²) in [7, 11) is 0. The first-order chi connectivity index (χ1) is 13.8. The first-order valence-corrected chi connectivity index (χ1v) is 9.94. The van der Waals surface area contributed by atoms with Crippen molar-refractivity contribution in [2.75, 3.05) is 18.0 Å². The Labute approximate surface area is 170 Å². The molecule has 6 nitrogen and oxygen atoms in total. The SMILES string of the molecule is CC(C)c1ccc(C2(C)NC(=O)N(CC(=O)N3CCc4ccccc43)C2=O)cc1. The van der Waals surface area contributed by atoms with E-state index in [1.165, 1.54) is 0 Å². The van der Waals surface area contributed by atoms with Crippen LogP contribution in [0.5, 0.6) is 0 Å². The number of urea groups is 1. The first-order valence-electron chi connectivity index (χ1n) is 9.94. The third-order valence-electron chi connectivity index (χ3n) is 5.91. The van der Waals surface area contributed by atoms with Crippen LogP contribution in [-0.2, 0) is 21.5 Å². The Kier molecular flexibility index (Phi) is 4.65. The zero-order chi connectivity index (χ0) is 20.8. The van der Waals surface area contributed by atoms with Gasteiger partial charge < -0.3 is 10.2 Å². The van der Waals surface area contributed by atoms with Gasteiger partial charge in [-0.3, -0.25) is 14.5 Å². The van der Waals surface area contributed by atoms with Gasteiger partial charge in [0.05, 0.1) is 0 Å². The fraction of sp³-hybridized carbons (Fsp3) is 0.348. The van der Waals surface area contributed by atoms with E-state index in [1.54, 1.807) is 11.8 Å². The van der Waals surface area contributed by atoms with Gasteiger partial charge in [0.2, 0.25) is 5.91 Å². The fourth-order valence-corrected chi connectivity index (χ4v) is 4.06. The highest BCUT2D eigenvalue weighted by Crippen LogP contribution is 2.31. The Balaban J connectivity index is 1.53. The number of nitrogens with zero attached hydrogens (tertiary/aromatic N) is 2. The maximum Gasteiger partial charge on any atom is 0.325 e. The number of nitrogens with one attached hydrogen (secondary N) is 1. The molecule has 1 fully saturated rings. The number of benzene rings is 2. The molecule has 1 atom stereocenters. The highest BCUT2D eigenvalue weighted by atomic mass is 16.2. The molecule has 2 heterocycles. The van der Waals surface area contributed by atoms with Gasteiger partial charge in [-0.15, -0.1) is 0 Å². The summed E-state index contributed by atoms with van der Waals surface area (Å²) in [6.07, 6.45) is 0.780. The lowest BCUT2D eigenvalue weighted by Gasteiger charge is -2.24. The van der Waals surface area contributed by atoms with Crippen molar-refractivity contribution in [2.24, 2.45) is 0 Å². The van der Waals surface area contributed by atoms with Gasteiger partial charge in [0.1, 0.15) is 12.1 Å². The summed E-state index contributed by atoms with van der Waals surface area (Å²) in [5, 5.41) is 2.78. The van der Waals surface area contributed by atoms with Crippen molar-refractivity contribution in [3.8, 4) is 0 Å². The number of hydrogen-bond donors (Lipinski definition) is 1. The van der Waals surface area contributed by atoms with Crippen LogP contribution in [0.1, 0.15) is 43.4 Å². The second kappa shape index (κ2) is 7.03. The van der Waals surface area contributed by atoms with Gasteiger partial charge in [0.15, 0.2) is 0 Å². The summed E-state index contributed by atoms with van der Waals surface area (Å²) in [5.74, 6) is -0.276. The van der Waals surface area contributed by atoms with Gasteiger partial charge in [-0.2, -0.15) is 0 Å². The minimum atomic E-state index is -1.17. The number of carbonyl (C=O) groups excluding carboxylic acids is 3. The van der Waals surface area contributed by atoms with Crippen molar-refractivity contribution < 1.29 is 14.4 Å². The molecule has 4 rings (SSSR count). The molecule has 0 aliphatic carbocycles. The molecule has 0 bridgehead atoms. The number of fused-ring (bicyclic) bond motifs is 1. The molecule has 0 radical (unpaired) electrons. The monoisotopic (exact) mass is 391 g/mol. The maximum absolute atomic E-state index is 13.1. The lowest BCUT2D eigenvalue weighted by molar-refractivity contribution is -0.134. The molecule has 29 heavy (non-hydrogen) atoms. The molecule has 1 unspecified atom stereocenters. The largest absolute Gasteiger partial charge is 0.325 e. The Morgan fingerprint density at radius 3 is 2.48 bits per heavy atom. The maximum atomic E-state index is 13.1. The van der Waals surface area contributed by atoms with Crippen LogP contribution in [-0.4, -0.2) is 35.8 Å². The number of anilines is 1. The number of rotatable bonds is 4. The minimum Gasteiger partial charge on any atom is -0.319 e. The van der Waals surface area contributed by atoms with Gasteiger partial charge in [-0.1, -0.05) is 56.3 Å². The van der Waals surface area contributed by atoms with Gasteiger partial charge in [0.25, 0.3) is 5.91 Å². The Morgan fingerprint density at radius 2 is 1.79 bits per heavy atom. The third-order valence-corrected chi connectivity index (χ3v) is 5.91. The minimum absolute atomic E-state index is 0.252. The summed E-state index contributed by atoms with van der Waals surface area (Å²) in [4.78, 5) is 41.3. The van der Waals surface area contributed by atoms with Crippen LogP contribution < -0.4 is 10.2 Å². The quantitative estimate of drug-likeness (QED) is 0.814. The van der Waals surface area contributed by atoms with Gasteiger partial charge >= 0.3 is 6.03 Å². The van der Waals surface area contributed by atoms with E-state index >= 15 is 0 Å². The zero-order valence-corrected chi connectivity index (χ0v) is 16.9. The second-order valence-corrected chi connectivity index (χ2v) is 8.15. The van der Waals surface area contributed by atoms with Crippen molar-refractivity contribution >= 4 is 23.5 Å². The van der Waals surface area contributed by atoms with Gasteiger partial charge in [-0.05, 0) is 42.0 Å². The van der Waals surface area contributed by atoms with Crippen LogP contribution in [0.25, 0.3) is 0 Å². The third kappa shape index (κ3) is 3.18. The van der Waals surface area contributed by atoms with Crippen molar-refractivity contribution in [1.82, 2.24) is 10.2 Å². The molecule has 4 amide bonds. The summed E-state index contributed by atoms with van der Waals surface area (Å²) in [6.45, 7) is 6.19. The number of hydrogen-bond acceptors (Lipinski definition) is 3. The molecule has 2 aromatic rings. The molecule has 2 aliphatic rings. The summed E-state index contributed by atoms with van der Waals surface area (Å²) < 4.78 is 0. The van der Waals surface area contributed by atoms with E-state index in [4.69, 9.17) is 0 Å². The molecule has 0 aromatic heterocycles. The molecule has 0 saturated carbocycles. The normalized spacial score (nSPS) is 21.0. The summed E-state index contributed by atoms with van der Waals surface area (Å²) in [5.41, 5.74) is 2.66. The van der Waals surface area contributed by atoms with Crippen LogP contribution in [0, 0.1) is 0 Å². The lowest BCUT2D eigenvalue weighted by Crippen LogP contribution is -2.44. The van der Waals surface area contributed by atoms with Crippen molar-refractivity contribution in [3.05, 3.63) is 65.2 Å². The predicted octanol–water partition coefficient (Wildman–Crippen LogP) is 3.17. The van der Waals surface area contributed by atoms with E-state index in [0.29, 0.717) is 18.0 Å². The molecule has 1 saturated heterocycles. The highest BCUT2D eigenvalue weighted by molar-refractivity contribution is 6.10. The molecular weight excluding hydrogens is 366 g/mol. The summed E-state index contributed by atoms with van der Waals surface area (Å²) in [6, 6.07) is 14.9. The highest BCUT2D eigenvalue weighted by Gasteiger charge is 2.49. The van der Waals surface area contributed by atoms with E-state index in [-0.39, 0.29) is 12.5 Å². The molecule has 2 aliphatic heterocycles. The Hall–Kier alpha value is -3.15. The number of imide groups is 1. The first kappa shape index (κ1) is 19.2. The molecule has 150 valence electrons. The standard InChI is InChI=1S/C23H25N3O3/c1-15(2)16-8-10-18(11-9-16)23(3)21(28)26(22(29)24-23)14-20(27)25-13-12-17-6-4-5-7-19(17)25/h4-11,15H,12-14H2,1-3H3,(H,24,29). The van der Waals surface area contributed by atoms with E-state index in [0.717, 1.165) is 28.1 Å².